The van der Waals surface area contributed by atoms with Crippen molar-refractivity contribution < 1.29 is 21.6 Å². The number of nitrogens with zero attached hydrogens (tertiary/aromatic N) is 1. The van der Waals surface area contributed by atoms with Gasteiger partial charge in [0, 0.05) is 19.6 Å². The van der Waals surface area contributed by atoms with Crippen LogP contribution in [0.25, 0.3) is 0 Å². The Morgan fingerprint density at radius 1 is 0.852 bits per heavy atom. The van der Waals surface area contributed by atoms with E-state index in [-0.39, 0.29) is 22.9 Å². The molecule has 146 valence electrons. The topological polar surface area (TPSA) is 92.8 Å². The zero-order valence-electron chi connectivity index (χ0n) is 14.7. The molecule has 0 atom stereocenters. The standard InChI is InChI=1S/C18H22N2O5S2/c21-26(22,17-6-2-1-3-7-17)19-12-15-25-16-8-10-18(11-9-16)27(23,24)20-13-4-5-14-20/h1-3,6-11,19H,4-5,12-15H2. The van der Waals surface area contributed by atoms with Gasteiger partial charge in [0.15, 0.2) is 0 Å². The molecular formula is C18H22N2O5S2. The van der Waals surface area contributed by atoms with Crippen molar-refractivity contribution in [2.75, 3.05) is 26.2 Å². The highest BCUT2D eigenvalue weighted by molar-refractivity contribution is 7.89. The first kappa shape index (κ1) is 19.8. The molecule has 0 aromatic heterocycles. The summed E-state index contributed by atoms with van der Waals surface area (Å²) in [4.78, 5) is 0.433. The molecule has 7 nitrogen and oxygen atoms in total. The van der Waals surface area contributed by atoms with Crippen molar-refractivity contribution >= 4 is 20.0 Å². The number of rotatable bonds is 8. The van der Waals surface area contributed by atoms with E-state index in [2.05, 4.69) is 4.72 Å². The van der Waals surface area contributed by atoms with Crippen molar-refractivity contribution in [3.63, 3.8) is 0 Å². The molecule has 0 aliphatic carbocycles. The molecule has 1 N–H and O–H groups in total. The van der Waals surface area contributed by atoms with Crippen LogP contribution < -0.4 is 9.46 Å². The maximum atomic E-state index is 12.5. The second kappa shape index (κ2) is 8.39. The van der Waals surface area contributed by atoms with E-state index in [9.17, 15) is 16.8 Å². The summed E-state index contributed by atoms with van der Waals surface area (Å²) in [7, 11) is -7.01. The number of hydrogen-bond donors (Lipinski definition) is 1. The highest BCUT2D eigenvalue weighted by Gasteiger charge is 2.26. The van der Waals surface area contributed by atoms with Crippen molar-refractivity contribution in [2.24, 2.45) is 0 Å². The molecule has 1 aliphatic heterocycles. The van der Waals surface area contributed by atoms with Gasteiger partial charge in [0.25, 0.3) is 0 Å². The second-order valence-electron chi connectivity index (χ2n) is 6.14. The van der Waals surface area contributed by atoms with Gasteiger partial charge in [0.05, 0.1) is 9.79 Å². The molecule has 2 aromatic rings. The Labute approximate surface area is 160 Å². The summed E-state index contributed by atoms with van der Waals surface area (Å²) in [5.41, 5.74) is 0. The molecule has 2 aromatic carbocycles. The van der Waals surface area contributed by atoms with Gasteiger partial charge in [-0.2, -0.15) is 4.31 Å². The number of hydrogen-bond acceptors (Lipinski definition) is 5. The summed E-state index contributed by atoms with van der Waals surface area (Å²) < 4.78 is 58.5. The molecule has 0 unspecified atom stereocenters. The zero-order chi connectivity index (χ0) is 19.3. The average molecular weight is 411 g/mol. The minimum absolute atomic E-state index is 0.102. The highest BCUT2D eigenvalue weighted by Crippen LogP contribution is 2.22. The lowest BCUT2D eigenvalue weighted by molar-refractivity contribution is 0.322. The summed E-state index contributed by atoms with van der Waals surface area (Å²) >= 11 is 0. The molecule has 0 saturated carbocycles. The van der Waals surface area contributed by atoms with E-state index in [1.54, 1.807) is 30.3 Å². The molecule has 0 radical (unpaired) electrons. The molecule has 0 spiro atoms. The Morgan fingerprint density at radius 2 is 1.48 bits per heavy atom. The Balaban J connectivity index is 1.52. The van der Waals surface area contributed by atoms with Crippen LogP contribution in [0.2, 0.25) is 0 Å². The summed E-state index contributed by atoms with van der Waals surface area (Å²) in [6.07, 6.45) is 1.78. The molecule has 3 rings (SSSR count). The molecule has 1 heterocycles. The van der Waals surface area contributed by atoms with Crippen LogP contribution in [0.5, 0.6) is 5.75 Å². The first-order chi connectivity index (χ1) is 12.9. The second-order valence-corrected chi connectivity index (χ2v) is 9.85. The monoisotopic (exact) mass is 410 g/mol. The van der Waals surface area contributed by atoms with E-state index >= 15 is 0 Å². The fraction of sp³-hybridized carbons (Fsp3) is 0.333. The van der Waals surface area contributed by atoms with Gasteiger partial charge in [0.2, 0.25) is 20.0 Å². The molecule has 1 aliphatic rings. The maximum Gasteiger partial charge on any atom is 0.243 e. The lowest BCUT2D eigenvalue weighted by Gasteiger charge is -2.15. The van der Waals surface area contributed by atoms with Gasteiger partial charge in [-0.1, -0.05) is 18.2 Å². The zero-order valence-corrected chi connectivity index (χ0v) is 16.4. The van der Waals surface area contributed by atoms with Crippen LogP contribution in [-0.4, -0.2) is 47.4 Å². The van der Waals surface area contributed by atoms with Crippen LogP contribution in [0.15, 0.2) is 64.4 Å². The Bertz CT molecular complexity index is 953. The summed E-state index contributed by atoms with van der Waals surface area (Å²) in [6, 6.07) is 14.3. The van der Waals surface area contributed by atoms with Gasteiger partial charge < -0.3 is 4.74 Å². The molecule has 0 bridgehead atoms. The van der Waals surface area contributed by atoms with Crippen molar-refractivity contribution in [2.45, 2.75) is 22.6 Å². The summed E-state index contributed by atoms with van der Waals surface area (Å²) in [5, 5.41) is 0. The van der Waals surface area contributed by atoms with Crippen LogP contribution >= 0.6 is 0 Å². The lowest BCUT2D eigenvalue weighted by Crippen LogP contribution is -2.28. The Hall–Kier alpha value is -1.94. The molecule has 9 heteroatoms. The number of ether oxygens (including phenoxy) is 1. The first-order valence-electron chi connectivity index (χ1n) is 8.67. The lowest BCUT2D eigenvalue weighted by atomic mass is 10.3. The van der Waals surface area contributed by atoms with E-state index in [0.29, 0.717) is 18.8 Å². The number of benzene rings is 2. The molecular weight excluding hydrogens is 388 g/mol. The normalized spacial score (nSPS) is 15.7. The first-order valence-corrected chi connectivity index (χ1v) is 11.6. The third-order valence-corrected chi connectivity index (χ3v) is 7.63. The minimum Gasteiger partial charge on any atom is -0.492 e. The highest BCUT2D eigenvalue weighted by atomic mass is 32.2. The Kier molecular flexibility index (Phi) is 6.15. The van der Waals surface area contributed by atoms with Crippen LogP contribution in [0.3, 0.4) is 0 Å². The van der Waals surface area contributed by atoms with Gasteiger partial charge in [-0.3, -0.25) is 0 Å². The molecule has 1 fully saturated rings. The fourth-order valence-corrected chi connectivity index (χ4v) is 5.36. The average Bonchev–Trinajstić information content (AvgIpc) is 3.22. The van der Waals surface area contributed by atoms with Crippen LogP contribution in [0.4, 0.5) is 0 Å². The summed E-state index contributed by atoms with van der Waals surface area (Å²) in [5.74, 6) is 0.481. The Morgan fingerprint density at radius 3 is 2.11 bits per heavy atom. The SMILES string of the molecule is O=S(=O)(NCCOc1ccc(S(=O)(=O)N2CCCC2)cc1)c1ccccc1. The maximum absolute atomic E-state index is 12.5. The summed E-state index contributed by atoms with van der Waals surface area (Å²) in [6.45, 7) is 1.35. The van der Waals surface area contributed by atoms with Crippen molar-refractivity contribution in [1.82, 2.24) is 9.03 Å². The fourth-order valence-electron chi connectivity index (χ4n) is 2.81. The smallest absolute Gasteiger partial charge is 0.243 e. The van der Waals surface area contributed by atoms with Crippen LogP contribution in [0, 0.1) is 0 Å². The minimum atomic E-state index is -3.57. The molecule has 0 amide bonds. The van der Waals surface area contributed by atoms with E-state index in [1.807, 2.05) is 0 Å². The number of nitrogens with one attached hydrogen (secondary N) is 1. The van der Waals surface area contributed by atoms with Crippen LogP contribution in [-0.2, 0) is 20.0 Å². The van der Waals surface area contributed by atoms with Gasteiger partial charge in [0.1, 0.15) is 12.4 Å². The predicted molar refractivity (Wildman–Crippen MR) is 102 cm³/mol. The molecule has 27 heavy (non-hydrogen) atoms. The van der Waals surface area contributed by atoms with E-state index in [0.717, 1.165) is 12.8 Å². The largest absolute Gasteiger partial charge is 0.492 e. The predicted octanol–water partition coefficient (Wildman–Crippen LogP) is 1.83. The number of sulfonamides is 2. The van der Waals surface area contributed by atoms with E-state index in [1.165, 1.54) is 28.6 Å². The van der Waals surface area contributed by atoms with Gasteiger partial charge >= 0.3 is 0 Å². The van der Waals surface area contributed by atoms with E-state index < -0.39 is 20.0 Å². The van der Waals surface area contributed by atoms with Gasteiger partial charge in [-0.15, -0.1) is 0 Å². The van der Waals surface area contributed by atoms with Gasteiger partial charge in [-0.05, 0) is 49.2 Å². The third-order valence-electron chi connectivity index (χ3n) is 4.24. The van der Waals surface area contributed by atoms with E-state index in [4.69, 9.17) is 4.74 Å². The van der Waals surface area contributed by atoms with Crippen molar-refractivity contribution in [3.8, 4) is 5.75 Å². The van der Waals surface area contributed by atoms with Crippen molar-refractivity contribution in [1.29, 1.82) is 0 Å². The van der Waals surface area contributed by atoms with Crippen LogP contribution in [0.1, 0.15) is 12.8 Å². The quantitative estimate of drug-likeness (QED) is 0.670. The van der Waals surface area contributed by atoms with Crippen molar-refractivity contribution in [3.05, 3.63) is 54.6 Å². The van der Waals surface area contributed by atoms with Gasteiger partial charge in [-0.25, -0.2) is 21.6 Å². The third kappa shape index (κ3) is 4.86. The molecule has 1 saturated heterocycles.